The Hall–Kier alpha value is -3.49. The molecule has 0 unspecified atom stereocenters. The normalized spacial score (nSPS) is 13.2. The average Bonchev–Trinajstić information content (AvgIpc) is 3.06. The minimum absolute atomic E-state index is 0.0347. The van der Waals surface area contributed by atoms with Crippen molar-refractivity contribution in [2.45, 2.75) is 6.04 Å². The number of rotatable bonds is 5. The molecule has 0 saturated heterocycles. The van der Waals surface area contributed by atoms with Crippen molar-refractivity contribution in [3.05, 3.63) is 35.4 Å². The average molecular weight is 362 g/mol. The lowest BCUT2D eigenvalue weighted by Crippen LogP contribution is -2.33. The Morgan fingerprint density at radius 3 is 2.23 bits per heavy atom. The number of amides is 2. The molecule has 26 heavy (non-hydrogen) atoms. The minimum Gasteiger partial charge on any atom is -0.507 e. The van der Waals surface area contributed by atoms with Gasteiger partial charge < -0.3 is 40.2 Å². The summed E-state index contributed by atoms with van der Waals surface area (Å²) in [7, 11) is 2.76. The third-order valence-corrected chi connectivity index (χ3v) is 3.95. The summed E-state index contributed by atoms with van der Waals surface area (Å²) in [5.74, 6) is 0.772. The Balaban J connectivity index is 2.15. The Kier molecular flexibility index (Phi) is 4.53. The number of nitrogens with two attached hydrogens (primary N) is 1. The zero-order valence-corrected chi connectivity index (χ0v) is 14.1. The van der Waals surface area contributed by atoms with Gasteiger partial charge in [0.15, 0.2) is 23.0 Å². The highest BCUT2D eigenvalue weighted by atomic mass is 16.7. The number of primary amides is 1. The van der Waals surface area contributed by atoms with Gasteiger partial charge in [-0.05, 0) is 23.8 Å². The van der Waals surface area contributed by atoms with Gasteiger partial charge in [0.2, 0.25) is 12.5 Å². The van der Waals surface area contributed by atoms with Crippen molar-refractivity contribution in [1.82, 2.24) is 5.32 Å². The van der Waals surface area contributed by atoms with Gasteiger partial charge in [0.1, 0.15) is 5.75 Å². The van der Waals surface area contributed by atoms with E-state index in [-0.39, 0.29) is 29.8 Å². The fourth-order valence-electron chi connectivity index (χ4n) is 2.74. The molecule has 0 radical (unpaired) electrons. The van der Waals surface area contributed by atoms with Crippen LogP contribution in [0.25, 0.3) is 0 Å². The predicted molar refractivity (Wildman–Crippen MR) is 90.0 cm³/mol. The first-order valence-corrected chi connectivity index (χ1v) is 7.58. The van der Waals surface area contributed by atoms with E-state index in [0.29, 0.717) is 22.6 Å². The second kappa shape index (κ2) is 6.79. The fraction of sp³-hybridized carbons (Fsp3) is 0.235. The van der Waals surface area contributed by atoms with E-state index >= 15 is 0 Å². The lowest BCUT2D eigenvalue weighted by Gasteiger charge is -2.22. The number of benzene rings is 2. The predicted octanol–water partition coefficient (Wildman–Crippen LogP) is 1.60. The second-order valence-electron chi connectivity index (χ2n) is 5.48. The van der Waals surface area contributed by atoms with Crippen LogP contribution in [0, 0.1) is 0 Å². The Labute approximate surface area is 148 Å². The summed E-state index contributed by atoms with van der Waals surface area (Å²) in [4.78, 5) is 11.5. The standard InChI is InChI=1S/C17H18N2O7/c1-23-13-3-8(4-14(24-2)16(13)21)15(19-17(18)22)9-5-11-12(6-10(9)20)26-7-25-11/h3-6,15,20-21H,7H2,1-2H3,(H3,18,19,22)/t15-/m1/s1. The molecule has 0 fully saturated rings. The number of hydrogen-bond acceptors (Lipinski definition) is 7. The van der Waals surface area contributed by atoms with Gasteiger partial charge in [-0.25, -0.2) is 4.79 Å². The molecule has 1 aliphatic heterocycles. The molecule has 1 aliphatic rings. The van der Waals surface area contributed by atoms with Gasteiger partial charge in [0.25, 0.3) is 0 Å². The first-order chi connectivity index (χ1) is 12.4. The van der Waals surface area contributed by atoms with E-state index in [4.69, 9.17) is 24.7 Å². The summed E-state index contributed by atoms with van der Waals surface area (Å²) in [6.07, 6.45) is 0. The number of fused-ring (bicyclic) bond motifs is 1. The number of ether oxygens (including phenoxy) is 4. The van der Waals surface area contributed by atoms with Crippen LogP contribution in [0.3, 0.4) is 0 Å². The van der Waals surface area contributed by atoms with Crippen LogP contribution < -0.4 is 30.0 Å². The highest BCUT2D eigenvalue weighted by Crippen LogP contribution is 2.44. The maximum Gasteiger partial charge on any atom is 0.312 e. The van der Waals surface area contributed by atoms with Gasteiger partial charge in [-0.1, -0.05) is 0 Å². The van der Waals surface area contributed by atoms with E-state index in [2.05, 4.69) is 5.32 Å². The smallest absolute Gasteiger partial charge is 0.312 e. The minimum atomic E-state index is -0.856. The van der Waals surface area contributed by atoms with Crippen molar-refractivity contribution < 1.29 is 34.0 Å². The number of nitrogens with one attached hydrogen (secondary N) is 1. The van der Waals surface area contributed by atoms with Gasteiger partial charge >= 0.3 is 6.03 Å². The Morgan fingerprint density at radius 1 is 1.12 bits per heavy atom. The monoisotopic (exact) mass is 362 g/mol. The number of phenolic OH excluding ortho intramolecular Hbond substituents is 2. The Morgan fingerprint density at radius 2 is 1.69 bits per heavy atom. The van der Waals surface area contributed by atoms with E-state index in [9.17, 15) is 15.0 Å². The highest BCUT2D eigenvalue weighted by molar-refractivity contribution is 5.73. The van der Waals surface area contributed by atoms with E-state index in [1.165, 1.54) is 32.4 Å². The largest absolute Gasteiger partial charge is 0.507 e. The van der Waals surface area contributed by atoms with Crippen LogP contribution in [0.15, 0.2) is 24.3 Å². The summed E-state index contributed by atoms with van der Waals surface area (Å²) in [5.41, 5.74) is 6.09. The number of phenols is 2. The number of carbonyl (C=O) groups excluding carboxylic acids is 1. The molecule has 0 aromatic heterocycles. The molecule has 2 amide bonds. The summed E-state index contributed by atoms with van der Waals surface area (Å²) < 4.78 is 20.8. The molecular weight excluding hydrogens is 344 g/mol. The molecule has 0 spiro atoms. The Bertz CT molecular complexity index is 828. The van der Waals surface area contributed by atoms with Crippen molar-refractivity contribution in [3.63, 3.8) is 0 Å². The lowest BCUT2D eigenvalue weighted by atomic mass is 9.96. The van der Waals surface area contributed by atoms with Gasteiger partial charge in [0.05, 0.1) is 20.3 Å². The number of methoxy groups -OCH3 is 2. The summed E-state index contributed by atoms with van der Waals surface area (Å²) in [6.45, 7) is 0.0347. The van der Waals surface area contributed by atoms with Crippen LogP contribution in [0.5, 0.6) is 34.5 Å². The summed E-state index contributed by atoms with van der Waals surface area (Å²) in [6, 6.07) is 4.28. The second-order valence-corrected chi connectivity index (χ2v) is 5.48. The molecule has 1 heterocycles. The van der Waals surface area contributed by atoms with Crippen LogP contribution in [0.1, 0.15) is 17.2 Å². The fourth-order valence-corrected chi connectivity index (χ4v) is 2.74. The van der Waals surface area contributed by atoms with E-state index in [1.807, 2.05) is 0 Å². The van der Waals surface area contributed by atoms with Crippen molar-refractivity contribution in [2.75, 3.05) is 21.0 Å². The van der Waals surface area contributed by atoms with Crippen molar-refractivity contribution in [2.24, 2.45) is 5.73 Å². The zero-order chi connectivity index (χ0) is 18.8. The van der Waals surface area contributed by atoms with E-state index in [0.717, 1.165) is 0 Å². The molecule has 1 atom stereocenters. The summed E-state index contributed by atoms with van der Waals surface area (Å²) in [5, 5.41) is 23.0. The number of urea groups is 1. The van der Waals surface area contributed by atoms with Crippen LogP contribution in [0.2, 0.25) is 0 Å². The third kappa shape index (κ3) is 3.06. The van der Waals surface area contributed by atoms with Crippen molar-refractivity contribution >= 4 is 6.03 Å². The first-order valence-electron chi connectivity index (χ1n) is 7.58. The molecular formula is C17H18N2O7. The van der Waals surface area contributed by atoms with Gasteiger partial charge in [-0.3, -0.25) is 0 Å². The maximum absolute atomic E-state index is 11.5. The molecule has 0 saturated carbocycles. The molecule has 0 bridgehead atoms. The third-order valence-electron chi connectivity index (χ3n) is 3.95. The molecule has 5 N–H and O–H groups in total. The van der Waals surface area contributed by atoms with Gasteiger partial charge in [-0.2, -0.15) is 0 Å². The number of carbonyl (C=O) groups is 1. The van der Waals surface area contributed by atoms with E-state index < -0.39 is 12.1 Å². The first kappa shape index (κ1) is 17.3. The molecule has 9 heteroatoms. The quantitative estimate of drug-likeness (QED) is 0.635. The molecule has 2 aromatic rings. The van der Waals surface area contributed by atoms with Crippen LogP contribution >= 0.6 is 0 Å². The number of hydrogen-bond donors (Lipinski definition) is 4. The molecule has 0 aliphatic carbocycles. The topological polar surface area (TPSA) is 132 Å². The van der Waals surface area contributed by atoms with Gasteiger partial charge in [0, 0.05) is 11.6 Å². The molecule has 138 valence electrons. The van der Waals surface area contributed by atoms with Crippen LogP contribution in [-0.2, 0) is 0 Å². The molecule has 9 nitrogen and oxygen atoms in total. The number of aromatic hydroxyl groups is 2. The molecule has 2 aromatic carbocycles. The maximum atomic E-state index is 11.5. The van der Waals surface area contributed by atoms with Crippen LogP contribution in [-0.4, -0.2) is 37.3 Å². The SMILES string of the molecule is COc1cc([C@@H](NC(N)=O)c2cc3c(cc2O)OCO3)cc(OC)c1O. The molecule has 3 rings (SSSR count). The highest BCUT2D eigenvalue weighted by Gasteiger charge is 2.26. The van der Waals surface area contributed by atoms with Crippen molar-refractivity contribution in [3.8, 4) is 34.5 Å². The lowest BCUT2D eigenvalue weighted by molar-refractivity contribution is 0.174. The van der Waals surface area contributed by atoms with Gasteiger partial charge in [-0.15, -0.1) is 0 Å². The zero-order valence-electron chi connectivity index (χ0n) is 14.1. The summed E-state index contributed by atoms with van der Waals surface area (Å²) >= 11 is 0. The van der Waals surface area contributed by atoms with E-state index in [1.54, 1.807) is 6.07 Å². The van der Waals surface area contributed by atoms with Crippen molar-refractivity contribution in [1.29, 1.82) is 0 Å². The van der Waals surface area contributed by atoms with Crippen LogP contribution in [0.4, 0.5) is 4.79 Å².